The first-order valence-corrected chi connectivity index (χ1v) is 5.79. The van der Waals surface area contributed by atoms with Gasteiger partial charge < -0.3 is 15.4 Å². The smallest absolute Gasteiger partial charge is 0.328 e. The molecule has 7 nitrogen and oxygen atoms in total. The lowest BCUT2D eigenvalue weighted by Crippen LogP contribution is -2.40. The number of halogens is 1. The predicted octanol–water partition coefficient (Wildman–Crippen LogP) is -0.231. The first-order chi connectivity index (χ1) is 8.63. The normalized spacial score (nSPS) is 14.8. The van der Waals surface area contributed by atoms with Gasteiger partial charge in [0.05, 0.1) is 7.11 Å². The molecule has 2 rings (SSSR count). The number of nitrogens with zero attached hydrogens (tertiary/aromatic N) is 1. The molecule has 0 aromatic carbocycles. The molecule has 0 spiro atoms. The van der Waals surface area contributed by atoms with Crippen LogP contribution in [0.5, 0.6) is 0 Å². The lowest BCUT2D eigenvalue weighted by molar-refractivity contribution is -0.142. The summed E-state index contributed by atoms with van der Waals surface area (Å²) in [6, 6.07) is -0.689. The molecule has 1 aromatic rings. The van der Waals surface area contributed by atoms with Crippen molar-refractivity contribution in [3.05, 3.63) is 17.0 Å². The molecule has 19 heavy (non-hydrogen) atoms. The Labute approximate surface area is 116 Å². The highest BCUT2D eigenvalue weighted by Crippen LogP contribution is 2.15. The van der Waals surface area contributed by atoms with Crippen molar-refractivity contribution in [3.8, 4) is 0 Å². The second kappa shape index (κ2) is 6.53. The Balaban J connectivity index is 0.00000180. The molecular weight excluding hydrogens is 272 g/mol. The number of carbonyl (C=O) groups is 2. The zero-order chi connectivity index (χ0) is 13.1. The molecule has 1 aliphatic heterocycles. The number of aromatic nitrogens is 2. The summed E-state index contributed by atoms with van der Waals surface area (Å²) in [6.45, 7) is 3.05. The molecular formula is C11H17ClN4O3. The Morgan fingerprint density at radius 3 is 2.89 bits per heavy atom. The number of esters is 1. The van der Waals surface area contributed by atoms with Gasteiger partial charge in [-0.3, -0.25) is 9.89 Å². The van der Waals surface area contributed by atoms with Gasteiger partial charge >= 0.3 is 5.97 Å². The number of hydrogen-bond acceptors (Lipinski definition) is 5. The van der Waals surface area contributed by atoms with Gasteiger partial charge in [0.25, 0.3) is 5.91 Å². The van der Waals surface area contributed by atoms with E-state index >= 15 is 0 Å². The lowest BCUT2D eigenvalue weighted by atomic mass is 10.1. The summed E-state index contributed by atoms with van der Waals surface area (Å²) >= 11 is 0. The van der Waals surface area contributed by atoms with Crippen LogP contribution in [0.3, 0.4) is 0 Å². The highest BCUT2D eigenvalue weighted by molar-refractivity contribution is 5.96. The van der Waals surface area contributed by atoms with Crippen LogP contribution in [0.25, 0.3) is 0 Å². The summed E-state index contributed by atoms with van der Waals surface area (Å²) in [5.41, 5.74) is 2.19. The van der Waals surface area contributed by atoms with Crippen LogP contribution in [-0.4, -0.2) is 41.8 Å². The van der Waals surface area contributed by atoms with E-state index in [1.54, 1.807) is 6.92 Å². The summed E-state index contributed by atoms with van der Waals surface area (Å²) in [6.07, 6.45) is 0.822. The van der Waals surface area contributed by atoms with E-state index in [0.29, 0.717) is 12.2 Å². The van der Waals surface area contributed by atoms with E-state index in [0.717, 1.165) is 24.2 Å². The number of nitrogens with one attached hydrogen (secondary N) is 3. The largest absolute Gasteiger partial charge is 0.467 e. The molecule has 2 heterocycles. The standard InChI is InChI=1S/C11H16N4O3.ClH/c1-6(11(17)18-2)13-10(16)9-7-5-12-4-3-8(7)14-15-9;/h6,12H,3-5H2,1-2H3,(H,13,16)(H,14,15);1H/t6-;/m1./s1. The molecule has 1 aromatic heterocycles. The molecule has 1 atom stereocenters. The third-order valence-electron chi connectivity index (χ3n) is 2.92. The van der Waals surface area contributed by atoms with Crippen LogP contribution in [0.15, 0.2) is 0 Å². The van der Waals surface area contributed by atoms with Gasteiger partial charge in [0.1, 0.15) is 6.04 Å². The molecule has 1 amide bonds. The minimum atomic E-state index is -0.689. The van der Waals surface area contributed by atoms with Gasteiger partial charge in [0, 0.05) is 30.8 Å². The molecule has 8 heteroatoms. The van der Waals surface area contributed by atoms with E-state index in [-0.39, 0.29) is 18.3 Å². The van der Waals surface area contributed by atoms with E-state index in [4.69, 9.17) is 0 Å². The van der Waals surface area contributed by atoms with E-state index in [1.165, 1.54) is 7.11 Å². The summed E-state index contributed by atoms with van der Waals surface area (Å²) < 4.78 is 4.55. The van der Waals surface area contributed by atoms with Gasteiger partial charge in [0.15, 0.2) is 5.69 Å². The van der Waals surface area contributed by atoms with Crippen molar-refractivity contribution in [2.75, 3.05) is 13.7 Å². The van der Waals surface area contributed by atoms with Gasteiger partial charge in [-0.1, -0.05) is 0 Å². The van der Waals surface area contributed by atoms with Crippen LogP contribution >= 0.6 is 12.4 Å². The second-order valence-corrected chi connectivity index (χ2v) is 4.17. The minimum Gasteiger partial charge on any atom is -0.467 e. The maximum Gasteiger partial charge on any atom is 0.328 e. The number of fused-ring (bicyclic) bond motifs is 1. The van der Waals surface area contributed by atoms with Crippen molar-refractivity contribution < 1.29 is 14.3 Å². The fourth-order valence-corrected chi connectivity index (χ4v) is 1.91. The molecule has 0 radical (unpaired) electrons. The van der Waals surface area contributed by atoms with Gasteiger partial charge in [-0.15, -0.1) is 12.4 Å². The maximum atomic E-state index is 12.0. The average Bonchev–Trinajstić information content (AvgIpc) is 2.81. The first-order valence-electron chi connectivity index (χ1n) is 5.79. The van der Waals surface area contributed by atoms with Crippen molar-refractivity contribution in [2.24, 2.45) is 0 Å². The number of ether oxygens (including phenoxy) is 1. The van der Waals surface area contributed by atoms with Gasteiger partial charge in [-0.05, 0) is 6.92 Å². The van der Waals surface area contributed by atoms with Gasteiger partial charge in [0.2, 0.25) is 0 Å². The molecule has 1 aliphatic rings. The zero-order valence-electron chi connectivity index (χ0n) is 10.8. The van der Waals surface area contributed by atoms with Crippen LogP contribution in [0, 0.1) is 0 Å². The van der Waals surface area contributed by atoms with Crippen molar-refractivity contribution in [3.63, 3.8) is 0 Å². The molecule has 0 fully saturated rings. The van der Waals surface area contributed by atoms with Crippen molar-refractivity contribution in [1.29, 1.82) is 0 Å². The third-order valence-corrected chi connectivity index (χ3v) is 2.92. The fraction of sp³-hybridized carbons (Fsp3) is 0.545. The van der Waals surface area contributed by atoms with Crippen LogP contribution in [-0.2, 0) is 22.5 Å². The Hall–Kier alpha value is -1.60. The molecule has 0 saturated carbocycles. The first kappa shape index (κ1) is 15.5. The van der Waals surface area contributed by atoms with E-state index < -0.39 is 12.0 Å². The Morgan fingerprint density at radius 1 is 1.47 bits per heavy atom. The highest BCUT2D eigenvalue weighted by atomic mass is 35.5. The fourth-order valence-electron chi connectivity index (χ4n) is 1.91. The Bertz CT molecular complexity index is 475. The van der Waals surface area contributed by atoms with Crippen molar-refractivity contribution >= 4 is 24.3 Å². The molecule has 0 bridgehead atoms. The Kier molecular flexibility index (Phi) is 5.31. The molecule has 0 unspecified atom stereocenters. The number of amides is 1. The molecule has 3 N–H and O–H groups in total. The number of hydrogen-bond donors (Lipinski definition) is 3. The topological polar surface area (TPSA) is 96.1 Å². The number of H-pyrrole nitrogens is 1. The summed E-state index contributed by atoms with van der Waals surface area (Å²) in [7, 11) is 1.28. The Morgan fingerprint density at radius 2 is 2.21 bits per heavy atom. The van der Waals surface area contributed by atoms with E-state index in [2.05, 4.69) is 25.6 Å². The minimum absolute atomic E-state index is 0. The average molecular weight is 289 g/mol. The van der Waals surface area contributed by atoms with E-state index in [1.807, 2.05) is 0 Å². The van der Waals surface area contributed by atoms with Gasteiger partial charge in [-0.25, -0.2) is 4.79 Å². The van der Waals surface area contributed by atoms with Gasteiger partial charge in [-0.2, -0.15) is 5.10 Å². The van der Waals surface area contributed by atoms with Crippen LogP contribution in [0.1, 0.15) is 28.7 Å². The summed E-state index contributed by atoms with van der Waals surface area (Å²) in [5, 5.41) is 12.6. The number of methoxy groups -OCH3 is 1. The molecule has 0 aliphatic carbocycles. The predicted molar refractivity (Wildman–Crippen MR) is 70.2 cm³/mol. The van der Waals surface area contributed by atoms with E-state index in [9.17, 15) is 9.59 Å². The number of aromatic amines is 1. The summed E-state index contributed by atoms with van der Waals surface area (Å²) in [5.74, 6) is -0.847. The number of carbonyl (C=O) groups excluding carboxylic acids is 2. The van der Waals surface area contributed by atoms with Crippen LogP contribution in [0.4, 0.5) is 0 Å². The monoisotopic (exact) mass is 288 g/mol. The van der Waals surface area contributed by atoms with Crippen molar-refractivity contribution in [1.82, 2.24) is 20.8 Å². The van der Waals surface area contributed by atoms with Crippen LogP contribution < -0.4 is 10.6 Å². The molecule has 106 valence electrons. The third kappa shape index (κ3) is 3.24. The second-order valence-electron chi connectivity index (χ2n) is 4.17. The summed E-state index contributed by atoms with van der Waals surface area (Å²) in [4.78, 5) is 23.2. The lowest BCUT2D eigenvalue weighted by Gasteiger charge is -2.14. The SMILES string of the molecule is COC(=O)[C@@H](C)NC(=O)c1n[nH]c2c1CNCC2.Cl. The van der Waals surface area contributed by atoms with Crippen molar-refractivity contribution in [2.45, 2.75) is 25.9 Å². The quantitative estimate of drug-likeness (QED) is 0.668. The molecule has 0 saturated heterocycles. The maximum absolute atomic E-state index is 12.0. The number of rotatable bonds is 3. The van der Waals surface area contributed by atoms with Crippen LogP contribution in [0.2, 0.25) is 0 Å². The highest BCUT2D eigenvalue weighted by Gasteiger charge is 2.24. The zero-order valence-corrected chi connectivity index (χ0v) is 11.6.